The number of nitrogens with one attached hydrogen (secondary N) is 2. The lowest BCUT2D eigenvalue weighted by molar-refractivity contribution is 0.402. The molecule has 0 bridgehead atoms. The molecule has 0 atom stereocenters. The van der Waals surface area contributed by atoms with E-state index in [4.69, 9.17) is 0 Å². The van der Waals surface area contributed by atoms with Crippen LogP contribution >= 0.6 is 0 Å². The van der Waals surface area contributed by atoms with E-state index >= 15 is 0 Å². The largest absolute Gasteiger partial charge is 0.352 e. The molecule has 2 N–H and O–H groups in total. The summed E-state index contributed by atoms with van der Waals surface area (Å²) in [6.07, 6.45) is 0. The standard InChI is InChI=1S/C20H27FN4/c1-15-8-9-17(11-19(15)21)13-24-20(22-2)23-12-16-6-5-7-18(10-16)14-25(3)4/h5-11H,12-14H2,1-4H3,(H2,22,23,24). The van der Waals surface area contributed by atoms with Gasteiger partial charge in [0.25, 0.3) is 0 Å². The number of hydrogen-bond acceptors (Lipinski definition) is 2. The second kappa shape index (κ2) is 9.18. The molecule has 0 heterocycles. The number of hydrogen-bond donors (Lipinski definition) is 2. The third-order valence-corrected chi connectivity index (χ3v) is 3.87. The molecular formula is C20H27FN4. The minimum absolute atomic E-state index is 0.181. The summed E-state index contributed by atoms with van der Waals surface area (Å²) in [4.78, 5) is 6.37. The summed E-state index contributed by atoms with van der Waals surface area (Å²) in [6, 6.07) is 13.7. The minimum atomic E-state index is -0.181. The molecule has 0 unspecified atom stereocenters. The predicted octanol–water partition coefficient (Wildman–Crippen LogP) is 3.06. The molecule has 2 aromatic rings. The van der Waals surface area contributed by atoms with Crippen LogP contribution in [0.3, 0.4) is 0 Å². The van der Waals surface area contributed by atoms with Crippen molar-refractivity contribution in [1.29, 1.82) is 0 Å². The lowest BCUT2D eigenvalue weighted by Crippen LogP contribution is -2.36. The summed E-state index contributed by atoms with van der Waals surface area (Å²) in [5.41, 5.74) is 4.02. The Labute approximate surface area is 149 Å². The van der Waals surface area contributed by atoms with E-state index in [2.05, 4.69) is 58.9 Å². The Morgan fingerprint density at radius 1 is 1.00 bits per heavy atom. The van der Waals surface area contributed by atoms with Crippen molar-refractivity contribution in [2.24, 2.45) is 4.99 Å². The fourth-order valence-electron chi connectivity index (χ4n) is 2.54. The molecule has 0 aliphatic heterocycles. The number of halogens is 1. The molecule has 5 heteroatoms. The number of aliphatic imine (C=N–C) groups is 1. The number of nitrogens with zero attached hydrogens (tertiary/aromatic N) is 2. The summed E-state index contributed by atoms with van der Waals surface area (Å²) in [5.74, 6) is 0.513. The Hall–Kier alpha value is -2.40. The second-order valence-electron chi connectivity index (χ2n) is 6.42. The molecule has 2 rings (SSSR count). The highest BCUT2D eigenvalue weighted by molar-refractivity contribution is 5.79. The van der Waals surface area contributed by atoms with Crippen LogP contribution < -0.4 is 10.6 Å². The van der Waals surface area contributed by atoms with Crippen molar-refractivity contribution in [1.82, 2.24) is 15.5 Å². The normalized spacial score (nSPS) is 11.7. The van der Waals surface area contributed by atoms with E-state index in [9.17, 15) is 4.39 Å². The molecule has 0 fully saturated rings. The van der Waals surface area contributed by atoms with Crippen LogP contribution in [0.5, 0.6) is 0 Å². The quantitative estimate of drug-likeness (QED) is 0.626. The van der Waals surface area contributed by atoms with E-state index in [0.29, 0.717) is 24.6 Å². The van der Waals surface area contributed by atoms with Gasteiger partial charge in [0.1, 0.15) is 5.82 Å². The first-order valence-corrected chi connectivity index (χ1v) is 8.40. The molecule has 0 radical (unpaired) electrons. The van der Waals surface area contributed by atoms with Gasteiger partial charge in [-0.05, 0) is 49.3 Å². The van der Waals surface area contributed by atoms with Crippen LogP contribution in [0.1, 0.15) is 22.3 Å². The molecular weight excluding hydrogens is 315 g/mol. The fourth-order valence-corrected chi connectivity index (χ4v) is 2.54. The lowest BCUT2D eigenvalue weighted by Gasteiger charge is -2.14. The minimum Gasteiger partial charge on any atom is -0.352 e. The highest BCUT2D eigenvalue weighted by Crippen LogP contribution is 2.09. The summed E-state index contributed by atoms with van der Waals surface area (Å²) >= 11 is 0. The fraction of sp³-hybridized carbons (Fsp3) is 0.350. The van der Waals surface area contributed by atoms with E-state index < -0.39 is 0 Å². The topological polar surface area (TPSA) is 39.7 Å². The first-order valence-electron chi connectivity index (χ1n) is 8.40. The summed E-state index contributed by atoms with van der Waals surface area (Å²) < 4.78 is 13.6. The Morgan fingerprint density at radius 3 is 2.24 bits per heavy atom. The average Bonchev–Trinajstić information content (AvgIpc) is 2.58. The molecule has 25 heavy (non-hydrogen) atoms. The van der Waals surface area contributed by atoms with Crippen molar-refractivity contribution in [3.63, 3.8) is 0 Å². The number of guanidine groups is 1. The molecule has 0 aliphatic rings. The van der Waals surface area contributed by atoms with Crippen molar-refractivity contribution in [2.75, 3.05) is 21.1 Å². The Bertz CT molecular complexity index is 725. The highest BCUT2D eigenvalue weighted by Gasteiger charge is 2.03. The van der Waals surface area contributed by atoms with Crippen LogP contribution in [0, 0.1) is 12.7 Å². The van der Waals surface area contributed by atoms with Crippen molar-refractivity contribution in [2.45, 2.75) is 26.6 Å². The smallest absolute Gasteiger partial charge is 0.191 e. The van der Waals surface area contributed by atoms with Gasteiger partial charge in [0, 0.05) is 26.7 Å². The summed E-state index contributed by atoms with van der Waals surface area (Å²) in [7, 11) is 5.85. The maximum atomic E-state index is 13.6. The van der Waals surface area contributed by atoms with Crippen LogP contribution in [0.4, 0.5) is 4.39 Å². The lowest BCUT2D eigenvalue weighted by atomic mass is 10.1. The van der Waals surface area contributed by atoms with Gasteiger partial charge in [-0.25, -0.2) is 4.39 Å². The molecule has 134 valence electrons. The predicted molar refractivity (Wildman–Crippen MR) is 102 cm³/mol. The van der Waals surface area contributed by atoms with Gasteiger partial charge in [0.15, 0.2) is 5.96 Å². The van der Waals surface area contributed by atoms with Gasteiger partial charge in [0.05, 0.1) is 0 Å². The van der Waals surface area contributed by atoms with Crippen LogP contribution in [0.2, 0.25) is 0 Å². The monoisotopic (exact) mass is 342 g/mol. The molecule has 2 aromatic carbocycles. The van der Waals surface area contributed by atoms with Crippen molar-refractivity contribution >= 4 is 5.96 Å². The average molecular weight is 342 g/mol. The molecule has 0 spiro atoms. The van der Waals surface area contributed by atoms with Crippen molar-refractivity contribution in [3.8, 4) is 0 Å². The first kappa shape index (κ1) is 18.9. The number of benzene rings is 2. The van der Waals surface area contributed by atoms with Crippen LogP contribution in [0.15, 0.2) is 47.5 Å². The van der Waals surface area contributed by atoms with Gasteiger partial charge >= 0.3 is 0 Å². The number of rotatable bonds is 6. The van der Waals surface area contributed by atoms with Gasteiger partial charge in [-0.3, -0.25) is 4.99 Å². The van der Waals surface area contributed by atoms with Crippen molar-refractivity contribution < 1.29 is 4.39 Å². The van der Waals surface area contributed by atoms with Gasteiger partial charge in [0.2, 0.25) is 0 Å². The van der Waals surface area contributed by atoms with Gasteiger partial charge in [-0.15, -0.1) is 0 Å². The Balaban J connectivity index is 1.89. The maximum absolute atomic E-state index is 13.6. The molecule has 0 aromatic heterocycles. The molecule has 0 saturated carbocycles. The third kappa shape index (κ3) is 6.19. The van der Waals surface area contributed by atoms with Crippen LogP contribution in [-0.4, -0.2) is 32.0 Å². The summed E-state index contributed by atoms with van der Waals surface area (Å²) in [6.45, 7) is 3.89. The molecule has 0 amide bonds. The first-order chi connectivity index (χ1) is 12.0. The summed E-state index contributed by atoms with van der Waals surface area (Å²) in [5, 5.41) is 6.51. The molecule has 4 nitrogen and oxygen atoms in total. The zero-order valence-electron chi connectivity index (χ0n) is 15.4. The zero-order chi connectivity index (χ0) is 18.2. The van der Waals surface area contributed by atoms with Gasteiger partial charge < -0.3 is 15.5 Å². The van der Waals surface area contributed by atoms with Gasteiger partial charge in [-0.2, -0.15) is 0 Å². The number of aryl methyl sites for hydroxylation is 1. The molecule has 0 aliphatic carbocycles. The van der Waals surface area contributed by atoms with E-state index in [-0.39, 0.29) is 5.82 Å². The van der Waals surface area contributed by atoms with Crippen LogP contribution in [-0.2, 0) is 19.6 Å². The van der Waals surface area contributed by atoms with E-state index in [1.165, 1.54) is 11.1 Å². The van der Waals surface area contributed by atoms with E-state index in [1.54, 1.807) is 26.1 Å². The Morgan fingerprint density at radius 2 is 1.64 bits per heavy atom. The zero-order valence-corrected chi connectivity index (χ0v) is 15.4. The van der Waals surface area contributed by atoms with E-state index in [0.717, 1.165) is 12.1 Å². The van der Waals surface area contributed by atoms with Crippen molar-refractivity contribution in [3.05, 3.63) is 70.5 Å². The molecule has 0 saturated heterocycles. The Kier molecular flexibility index (Phi) is 6.95. The van der Waals surface area contributed by atoms with E-state index in [1.807, 2.05) is 6.07 Å². The maximum Gasteiger partial charge on any atom is 0.191 e. The van der Waals surface area contributed by atoms with Crippen LogP contribution in [0.25, 0.3) is 0 Å². The second-order valence-corrected chi connectivity index (χ2v) is 6.42. The third-order valence-electron chi connectivity index (χ3n) is 3.87. The highest BCUT2D eigenvalue weighted by atomic mass is 19.1. The SMILES string of the molecule is CN=C(NCc1cccc(CN(C)C)c1)NCc1ccc(C)c(F)c1. The van der Waals surface area contributed by atoms with Gasteiger partial charge in [-0.1, -0.05) is 36.4 Å².